The summed E-state index contributed by atoms with van der Waals surface area (Å²) in [6.45, 7) is 1.81. The molecule has 1 amide bonds. The predicted molar refractivity (Wildman–Crippen MR) is 78.7 cm³/mol. The molecule has 0 heterocycles. The highest BCUT2D eigenvalue weighted by Crippen LogP contribution is 2.26. The number of benzene rings is 2. The monoisotopic (exact) mass is 273 g/mol. The smallest absolute Gasteiger partial charge is 0.251 e. The average Bonchev–Trinajstić information content (AvgIpc) is 2.43. The molecule has 0 fully saturated rings. The summed E-state index contributed by atoms with van der Waals surface area (Å²) in [5.41, 5.74) is 8.38. The number of carbonyl (C=O) groups excluding carboxylic acids is 1. The summed E-state index contributed by atoms with van der Waals surface area (Å²) in [4.78, 5) is 11.6. The van der Waals surface area contributed by atoms with Crippen LogP contribution >= 0.6 is 0 Å². The first-order valence-electron chi connectivity index (χ1n) is 6.16. The molecule has 0 aliphatic heterocycles. The molecule has 4 nitrogen and oxygen atoms in total. The number of hydrogen-bond donors (Lipinski definition) is 3. The van der Waals surface area contributed by atoms with Crippen molar-refractivity contribution in [3.63, 3.8) is 0 Å². The minimum Gasteiger partial charge on any atom is -0.397 e. The molecular formula is C15H16FN3O. The van der Waals surface area contributed by atoms with Crippen LogP contribution in [0.25, 0.3) is 0 Å². The maximum atomic E-state index is 13.8. The molecule has 0 saturated carbocycles. The Hall–Kier alpha value is -2.56. The van der Waals surface area contributed by atoms with Crippen LogP contribution in [0, 0.1) is 12.7 Å². The Morgan fingerprint density at radius 2 is 1.90 bits per heavy atom. The largest absolute Gasteiger partial charge is 0.397 e. The molecule has 2 aromatic carbocycles. The minimum atomic E-state index is -0.366. The molecule has 20 heavy (non-hydrogen) atoms. The van der Waals surface area contributed by atoms with E-state index in [1.54, 1.807) is 37.4 Å². The number of rotatable bonds is 3. The molecule has 2 aromatic rings. The molecule has 0 aliphatic carbocycles. The van der Waals surface area contributed by atoms with Crippen LogP contribution in [0.1, 0.15) is 15.9 Å². The number of aryl methyl sites for hydroxylation is 1. The molecular weight excluding hydrogens is 257 g/mol. The fraction of sp³-hybridized carbons (Fsp3) is 0.133. The van der Waals surface area contributed by atoms with E-state index in [0.29, 0.717) is 22.6 Å². The molecule has 5 heteroatoms. The number of anilines is 3. The van der Waals surface area contributed by atoms with Crippen molar-refractivity contribution >= 4 is 23.0 Å². The lowest BCUT2D eigenvalue weighted by Crippen LogP contribution is -2.18. The third kappa shape index (κ3) is 2.88. The zero-order valence-corrected chi connectivity index (χ0v) is 11.3. The molecule has 0 bridgehead atoms. The van der Waals surface area contributed by atoms with E-state index in [1.807, 2.05) is 6.92 Å². The maximum Gasteiger partial charge on any atom is 0.251 e. The van der Waals surface area contributed by atoms with Crippen LogP contribution in [0.15, 0.2) is 36.4 Å². The highest BCUT2D eigenvalue weighted by Gasteiger charge is 2.09. The molecule has 0 saturated heterocycles. The van der Waals surface area contributed by atoms with Crippen LogP contribution < -0.4 is 16.4 Å². The van der Waals surface area contributed by atoms with Gasteiger partial charge in [-0.05, 0) is 42.8 Å². The van der Waals surface area contributed by atoms with Gasteiger partial charge in [-0.1, -0.05) is 6.07 Å². The second kappa shape index (κ2) is 5.61. The molecule has 0 aromatic heterocycles. The van der Waals surface area contributed by atoms with E-state index < -0.39 is 0 Å². The zero-order valence-electron chi connectivity index (χ0n) is 11.3. The SMILES string of the molecule is CNC(=O)c1ccc(N)c(Nc2ccc(C)cc2F)c1. The van der Waals surface area contributed by atoms with Crippen LogP contribution in [0.5, 0.6) is 0 Å². The van der Waals surface area contributed by atoms with Gasteiger partial charge in [-0.25, -0.2) is 4.39 Å². The van der Waals surface area contributed by atoms with Gasteiger partial charge < -0.3 is 16.4 Å². The lowest BCUT2D eigenvalue weighted by Gasteiger charge is -2.12. The fourth-order valence-corrected chi connectivity index (χ4v) is 1.82. The second-order valence-electron chi connectivity index (χ2n) is 4.49. The minimum absolute atomic E-state index is 0.225. The Kier molecular flexibility index (Phi) is 3.89. The topological polar surface area (TPSA) is 67.2 Å². The fourth-order valence-electron chi connectivity index (χ4n) is 1.82. The normalized spacial score (nSPS) is 10.2. The first-order chi connectivity index (χ1) is 9.51. The van der Waals surface area contributed by atoms with Crippen molar-refractivity contribution in [3.8, 4) is 0 Å². The van der Waals surface area contributed by atoms with E-state index in [9.17, 15) is 9.18 Å². The van der Waals surface area contributed by atoms with E-state index in [2.05, 4.69) is 10.6 Å². The zero-order chi connectivity index (χ0) is 14.7. The van der Waals surface area contributed by atoms with Crippen molar-refractivity contribution in [2.24, 2.45) is 0 Å². The maximum absolute atomic E-state index is 13.8. The number of nitrogens with two attached hydrogens (primary N) is 1. The van der Waals surface area contributed by atoms with Gasteiger partial charge in [0.05, 0.1) is 17.1 Å². The summed E-state index contributed by atoms with van der Waals surface area (Å²) >= 11 is 0. The van der Waals surface area contributed by atoms with Crippen molar-refractivity contribution in [2.75, 3.05) is 18.1 Å². The highest BCUT2D eigenvalue weighted by molar-refractivity contribution is 5.96. The lowest BCUT2D eigenvalue weighted by atomic mass is 10.1. The summed E-state index contributed by atoms with van der Waals surface area (Å²) in [5.74, 6) is -0.591. The standard InChI is InChI=1S/C15H16FN3O/c1-9-3-6-13(11(16)7-9)19-14-8-10(15(20)18-2)4-5-12(14)17/h3-8,19H,17H2,1-2H3,(H,18,20). The first-order valence-corrected chi connectivity index (χ1v) is 6.16. The summed E-state index contributed by atoms with van der Waals surface area (Å²) in [6, 6.07) is 9.68. The van der Waals surface area contributed by atoms with Gasteiger partial charge in [0.15, 0.2) is 0 Å². The van der Waals surface area contributed by atoms with E-state index in [1.165, 1.54) is 6.07 Å². The van der Waals surface area contributed by atoms with Gasteiger partial charge >= 0.3 is 0 Å². The molecule has 4 N–H and O–H groups in total. The summed E-state index contributed by atoms with van der Waals surface area (Å²) in [6.07, 6.45) is 0. The Labute approximate surface area is 116 Å². The Morgan fingerprint density at radius 3 is 2.55 bits per heavy atom. The van der Waals surface area contributed by atoms with E-state index >= 15 is 0 Å². The molecule has 0 spiro atoms. The van der Waals surface area contributed by atoms with Crippen molar-refractivity contribution in [2.45, 2.75) is 6.92 Å². The van der Waals surface area contributed by atoms with Crippen molar-refractivity contribution in [3.05, 3.63) is 53.3 Å². The van der Waals surface area contributed by atoms with Crippen molar-refractivity contribution in [1.82, 2.24) is 5.32 Å². The van der Waals surface area contributed by atoms with Crippen molar-refractivity contribution < 1.29 is 9.18 Å². The van der Waals surface area contributed by atoms with Crippen molar-refractivity contribution in [1.29, 1.82) is 0 Å². The third-order valence-corrected chi connectivity index (χ3v) is 2.94. The Bertz CT molecular complexity index is 656. The molecule has 0 radical (unpaired) electrons. The van der Waals surface area contributed by atoms with Gasteiger partial charge in [-0.15, -0.1) is 0 Å². The number of nitrogens with one attached hydrogen (secondary N) is 2. The number of nitrogen functional groups attached to an aromatic ring is 1. The summed E-state index contributed by atoms with van der Waals surface area (Å²) in [7, 11) is 1.55. The molecule has 0 atom stereocenters. The summed E-state index contributed by atoms with van der Waals surface area (Å²) in [5, 5.41) is 5.44. The number of halogens is 1. The van der Waals surface area contributed by atoms with Gasteiger partial charge in [0, 0.05) is 12.6 Å². The Morgan fingerprint density at radius 1 is 1.15 bits per heavy atom. The first kappa shape index (κ1) is 13.9. The van der Waals surface area contributed by atoms with E-state index in [4.69, 9.17) is 5.73 Å². The van der Waals surface area contributed by atoms with Gasteiger partial charge in [0.25, 0.3) is 5.91 Å². The Balaban J connectivity index is 2.35. The van der Waals surface area contributed by atoms with Crippen LogP contribution in [0.4, 0.5) is 21.5 Å². The predicted octanol–water partition coefficient (Wildman–Crippen LogP) is 2.82. The molecule has 2 rings (SSSR count). The number of carbonyl (C=O) groups is 1. The number of hydrogen-bond acceptors (Lipinski definition) is 3. The van der Waals surface area contributed by atoms with E-state index in [-0.39, 0.29) is 11.7 Å². The molecule has 0 aliphatic rings. The van der Waals surface area contributed by atoms with Crippen LogP contribution in [0.3, 0.4) is 0 Å². The van der Waals surface area contributed by atoms with Gasteiger partial charge in [-0.2, -0.15) is 0 Å². The van der Waals surface area contributed by atoms with Gasteiger partial charge in [-0.3, -0.25) is 4.79 Å². The highest BCUT2D eigenvalue weighted by atomic mass is 19.1. The quantitative estimate of drug-likeness (QED) is 0.753. The van der Waals surface area contributed by atoms with Crippen LogP contribution in [0.2, 0.25) is 0 Å². The third-order valence-electron chi connectivity index (χ3n) is 2.94. The molecule has 0 unspecified atom stereocenters. The second-order valence-corrected chi connectivity index (χ2v) is 4.49. The van der Waals surface area contributed by atoms with Crippen LogP contribution in [-0.4, -0.2) is 13.0 Å². The van der Waals surface area contributed by atoms with E-state index in [0.717, 1.165) is 5.56 Å². The van der Waals surface area contributed by atoms with Crippen LogP contribution in [-0.2, 0) is 0 Å². The number of amides is 1. The lowest BCUT2D eigenvalue weighted by molar-refractivity contribution is 0.0963. The summed E-state index contributed by atoms with van der Waals surface area (Å²) < 4.78 is 13.8. The molecule has 104 valence electrons. The van der Waals surface area contributed by atoms with Gasteiger partial charge in [0.1, 0.15) is 5.82 Å². The average molecular weight is 273 g/mol. The van der Waals surface area contributed by atoms with Gasteiger partial charge in [0.2, 0.25) is 0 Å².